The largest absolute Gasteiger partial charge is 0.395 e. The first kappa shape index (κ1) is 13.2. The second-order valence-electron chi connectivity index (χ2n) is 4.68. The lowest BCUT2D eigenvalue weighted by Crippen LogP contribution is -2.36. The van der Waals surface area contributed by atoms with Crippen LogP contribution < -0.4 is 0 Å². The van der Waals surface area contributed by atoms with Crippen LogP contribution in [0.3, 0.4) is 0 Å². The zero-order valence-electron chi connectivity index (χ0n) is 10.2. The van der Waals surface area contributed by atoms with E-state index >= 15 is 0 Å². The van der Waals surface area contributed by atoms with Gasteiger partial charge in [0, 0.05) is 5.41 Å². The van der Waals surface area contributed by atoms with Gasteiger partial charge in [0.2, 0.25) is 0 Å². The fourth-order valence-electron chi connectivity index (χ4n) is 2.08. The Morgan fingerprint density at radius 3 is 2.12 bits per heavy atom. The van der Waals surface area contributed by atoms with Gasteiger partial charge in [0.05, 0.1) is 13.2 Å². The Morgan fingerprint density at radius 1 is 1.12 bits per heavy atom. The minimum Gasteiger partial charge on any atom is -0.395 e. The second-order valence-corrected chi connectivity index (χ2v) is 4.68. The van der Waals surface area contributed by atoms with Crippen LogP contribution in [0.1, 0.15) is 32.3 Å². The van der Waals surface area contributed by atoms with E-state index in [-0.39, 0.29) is 13.2 Å². The van der Waals surface area contributed by atoms with Gasteiger partial charge in [-0.25, -0.2) is 0 Å². The Kier molecular flexibility index (Phi) is 4.97. The number of rotatable bonds is 6. The Bertz CT molecular complexity index is 291. The lowest BCUT2D eigenvalue weighted by atomic mass is 9.75. The molecule has 0 spiro atoms. The summed E-state index contributed by atoms with van der Waals surface area (Å²) in [5.41, 5.74) is 0.539. The number of benzene rings is 1. The minimum atomic E-state index is -0.489. The Labute approximate surface area is 97.9 Å². The molecule has 90 valence electrons. The fraction of sp³-hybridized carbons (Fsp3) is 0.571. The molecule has 0 aliphatic heterocycles. The first-order chi connectivity index (χ1) is 7.68. The fourth-order valence-corrected chi connectivity index (χ4v) is 2.08. The maximum Gasteiger partial charge on any atom is 0.0550 e. The third kappa shape index (κ3) is 2.83. The van der Waals surface area contributed by atoms with E-state index in [1.807, 2.05) is 30.3 Å². The average Bonchev–Trinajstić information content (AvgIpc) is 2.37. The van der Waals surface area contributed by atoms with Crippen LogP contribution in [0, 0.1) is 5.92 Å². The molecule has 0 aromatic heterocycles. The van der Waals surface area contributed by atoms with Crippen LogP contribution in [-0.4, -0.2) is 23.4 Å². The van der Waals surface area contributed by atoms with Crippen molar-refractivity contribution in [2.24, 2.45) is 5.92 Å². The number of hydrogen-bond acceptors (Lipinski definition) is 2. The molecule has 0 heterocycles. The molecule has 0 saturated heterocycles. The molecule has 1 rings (SSSR count). The summed E-state index contributed by atoms with van der Waals surface area (Å²) in [5, 5.41) is 19.2. The molecule has 1 unspecified atom stereocenters. The third-order valence-corrected chi connectivity index (χ3v) is 3.43. The summed E-state index contributed by atoms with van der Waals surface area (Å²) < 4.78 is 0. The predicted octanol–water partition coefficient (Wildman–Crippen LogP) is 2.35. The van der Waals surface area contributed by atoms with E-state index in [1.54, 1.807) is 0 Å². The summed E-state index contributed by atoms with van der Waals surface area (Å²) in [5.74, 6) is 0.500. The number of aliphatic hydroxyl groups excluding tert-OH is 2. The quantitative estimate of drug-likeness (QED) is 0.775. The van der Waals surface area contributed by atoms with Gasteiger partial charge >= 0.3 is 0 Å². The monoisotopic (exact) mass is 222 g/mol. The van der Waals surface area contributed by atoms with E-state index in [2.05, 4.69) is 13.8 Å². The topological polar surface area (TPSA) is 40.5 Å². The van der Waals surface area contributed by atoms with Gasteiger partial charge in [-0.05, 0) is 17.9 Å². The Hall–Kier alpha value is -0.860. The van der Waals surface area contributed by atoms with Crippen LogP contribution in [0.25, 0.3) is 0 Å². The van der Waals surface area contributed by atoms with Crippen molar-refractivity contribution in [1.29, 1.82) is 0 Å². The summed E-state index contributed by atoms with van der Waals surface area (Å²) >= 11 is 0. The highest BCUT2D eigenvalue weighted by Gasteiger charge is 2.32. The van der Waals surface area contributed by atoms with Gasteiger partial charge < -0.3 is 10.2 Å². The molecular formula is C14H22O2. The van der Waals surface area contributed by atoms with Crippen molar-refractivity contribution in [3.8, 4) is 0 Å². The molecule has 0 radical (unpaired) electrons. The molecule has 2 heteroatoms. The van der Waals surface area contributed by atoms with E-state index in [9.17, 15) is 10.2 Å². The molecular weight excluding hydrogens is 200 g/mol. The van der Waals surface area contributed by atoms with Crippen LogP contribution in [0.5, 0.6) is 0 Å². The molecule has 0 amide bonds. The first-order valence-corrected chi connectivity index (χ1v) is 5.95. The molecule has 0 saturated carbocycles. The molecule has 0 fully saturated rings. The summed E-state index contributed by atoms with van der Waals surface area (Å²) in [7, 11) is 0. The van der Waals surface area contributed by atoms with E-state index < -0.39 is 5.41 Å². The zero-order chi connectivity index (χ0) is 12.0. The van der Waals surface area contributed by atoms with E-state index in [0.717, 1.165) is 18.4 Å². The minimum absolute atomic E-state index is 0.00213. The Morgan fingerprint density at radius 2 is 1.69 bits per heavy atom. The molecule has 0 bridgehead atoms. The van der Waals surface area contributed by atoms with Crippen LogP contribution in [0.4, 0.5) is 0 Å². The van der Waals surface area contributed by atoms with Gasteiger partial charge in [-0.15, -0.1) is 0 Å². The molecule has 1 atom stereocenters. The van der Waals surface area contributed by atoms with Crippen LogP contribution in [-0.2, 0) is 5.41 Å². The SMILES string of the molecule is CCC(C)CC(CO)(CO)c1ccccc1. The predicted molar refractivity (Wildman–Crippen MR) is 66.4 cm³/mol. The molecule has 1 aromatic carbocycles. The Balaban J connectivity index is 2.96. The standard InChI is InChI=1S/C14H22O2/c1-3-12(2)9-14(10-15,11-16)13-7-5-4-6-8-13/h4-8,12,15-16H,3,9-11H2,1-2H3. The van der Waals surface area contributed by atoms with Crippen LogP contribution in [0.2, 0.25) is 0 Å². The third-order valence-electron chi connectivity index (χ3n) is 3.43. The summed E-state index contributed by atoms with van der Waals surface area (Å²) in [4.78, 5) is 0. The highest BCUT2D eigenvalue weighted by molar-refractivity contribution is 5.25. The van der Waals surface area contributed by atoms with Gasteiger partial charge in [0.1, 0.15) is 0 Å². The molecule has 0 aliphatic carbocycles. The van der Waals surface area contributed by atoms with Gasteiger partial charge in [0.25, 0.3) is 0 Å². The number of aliphatic hydroxyl groups is 2. The average molecular weight is 222 g/mol. The summed E-state index contributed by atoms with van der Waals surface area (Å²) in [6.45, 7) is 4.29. The normalized spacial score (nSPS) is 13.8. The molecule has 2 nitrogen and oxygen atoms in total. The van der Waals surface area contributed by atoms with Gasteiger partial charge in [-0.2, -0.15) is 0 Å². The maximum atomic E-state index is 9.61. The van der Waals surface area contributed by atoms with Crippen molar-refractivity contribution < 1.29 is 10.2 Å². The lowest BCUT2D eigenvalue weighted by molar-refractivity contribution is 0.0964. The van der Waals surface area contributed by atoms with Gasteiger partial charge in [-0.1, -0.05) is 50.6 Å². The van der Waals surface area contributed by atoms with Crippen molar-refractivity contribution in [1.82, 2.24) is 0 Å². The van der Waals surface area contributed by atoms with Crippen molar-refractivity contribution in [2.75, 3.05) is 13.2 Å². The first-order valence-electron chi connectivity index (χ1n) is 5.95. The van der Waals surface area contributed by atoms with E-state index in [1.165, 1.54) is 0 Å². The second kappa shape index (κ2) is 6.02. The van der Waals surface area contributed by atoms with Crippen molar-refractivity contribution in [3.05, 3.63) is 35.9 Å². The smallest absolute Gasteiger partial charge is 0.0550 e. The van der Waals surface area contributed by atoms with Crippen LogP contribution in [0.15, 0.2) is 30.3 Å². The van der Waals surface area contributed by atoms with E-state index in [4.69, 9.17) is 0 Å². The summed E-state index contributed by atoms with van der Waals surface area (Å²) in [6.07, 6.45) is 1.88. The van der Waals surface area contributed by atoms with E-state index in [0.29, 0.717) is 5.92 Å². The zero-order valence-corrected chi connectivity index (χ0v) is 10.2. The van der Waals surface area contributed by atoms with Crippen LogP contribution >= 0.6 is 0 Å². The number of hydrogen-bond donors (Lipinski definition) is 2. The van der Waals surface area contributed by atoms with Gasteiger partial charge in [-0.3, -0.25) is 0 Å². The highest BCUT2D eigenvalue weighted by Crippen LogP contribution is 2.31. The maximum absolute atomic E-state index is 9.61. The molecule has 0 aliphatic rings. The molecule has 1 aromatic rings. The highest BCUT2D eigenvalue weighted by atomic mass is 16.3. The van der Waals surface area contributed by atoms with Crippen molar-refractivity contribution >= 4 is 0 Å². The van der Waals surface area contributed by atoms with Crippen molar-refractivity contribution in [2.45, 2.75) is 32.1 Å². The molecule has 16 heavy (non-hydrogen) atoms. The summed E-state index contributed by atoms with van der Waals surface area (Å²) in [6, 6.07) is 9.81. The lowest BCUT2D eigenvalue weighted by Gasteiger charge is -2.32. The molecule has 2 N–H and O–H groups in total. The van der Waals surface area contributed by atoms with Gasteiger partial charge in [0.15, 0.2) is 0 Å². The van der Waals surface area contributed by atoms with Crippen molar-refractivity contribution in [3.63, 3.8) is 0 Å².